The van der Waals surface area contributed by atoms with Crippen LogP contribution in [0.1, 0.15) is 6.92 Å². The van der Waals surface area contributed by atoms with Crippen molar-refractivity contribution in [1.82, 2.24) is 10.2 Å². The number of carboxylic acids is 2. The molecule has 0 aromatic rings. The van der Waals surface area contributed by atoms with Crippen LogP contribution in [0.3, 0.4) is 0 Å². The van der Waals surface area contributed by atoms with Gasteiger partial charge in [0.25, 0.3) is 0 Å². The molecule has 0 bridgehead atoms. The molecule has 3 amide bonds. The van der Waals surface area contributed by atoms with Gasteiger partial charge in [0.2, 0.25) is 5.91 Å². The Bertz CT molecular complexity index is 326. The molecular formula is C8H13N3O6. The first-order valence-electron chi connectivity index (χ1n) is 4.52. The molecule has 9 heteroatoms. The molecule has 0 aromatic heterocycles. The number of hydrogen-bond acceptors (Lipinski definition) is 5. The summed E-state index contributed by atoms with van der Waals surface area (Å²) in [7, 11) is 0. The van der Waals surface area contributed by atoms with E-state index in [9.17, 15) is 19.2 Å². The number of carboxylic acid groups (broad SMARTS) is 2. The van der Waals surface area contributed by atoms with Crippen LogP contribution in [-0.2, 0) is 14.4 Å². The number of nitrogens with one attached hydrogen (secondary N) is 1. The van der Waals surface area contributed by atoms with Crippen molar-refractivity contribution in [3.63, 3.8) is 0 Å². The number of nitrogens with two attached hydrogens (primary N) is 1. The van der Waals surface area contributed by atoms with Crippen molar-refractivity contribution in [1.29, 1.82) is 0 Å². The number of rotatable bonds is 6. The van der Waals surface area contributed by atoms with E-state index in [1.165, 1.54) is 6.92 Å². The van der Waals surface area contributed by atoms with Crippen molar-refractivity contribution in [2.45, 2.75) is 13.0 Å². The first kappa shape index (κ1) is 14.8. The van der Waals surface area contributed by atoms with Gasteiger partial charge in [-0.1, -0.05) is 0 Å². The first-order valence-corrected chi connectivity index (χ1v) is 4.52. The van der Waals surface area contributed by atoms with E-state index in [-0.39, 0.29) is 0 Å². The van der Waals surface area contributed by atoms with Gasteiger partial charge in [-0.25, -0.2) is 4.79 Å². The number of carbonyl (C=O) groups is 4. The lowest BCUT2D eigenvalue weighted by molar-refractivity contribution is -0.143. The molecule has 0 aliphatic heterocycles. The fraction of sp³-hybridized carbons (Fsp3) is 0.500. The molecule has 5 N–H and O–H groups in total. The predicted octanol–water partition coefficient (Wildman–Crippen LogP) is -1.96. The molecule has 1 atom stereocenters. The summed E-state index contributed by atoms with van der Waals surface area (Å²) in [5.41, 5.74) is 4.71. The van der Waals surface area contributed by atoms with Crippen LogP contribution in [0.25, 0.3) is 0 Å². The van der Waals surface area contributed by atoms with Crippen LogP contribution in [0.2, 0.25) is 0 Å². The number of amides is 3. The number of nitrogens with zero attached hydrogens (tertiary/aromatic N) is 1. The molecule has 0 aliphatic rings. The van der Waals surface area contributed by atoms with Crippen LogP contribution in [0.5, 0.6) is 0 Å². The maximum Gasteiger partial charge on any atom is 0.318 e. The van der Waals surface area contributed by atoms with Crippen molar-refractivity contribution in [3.8, 4) is 0 Å². The van der Waals surface area contributed by atoms with Gasteiger partial charge >= 0.3 is 18.0 Å². The normalized spacial score (nSPS) is 11.9. The molecule has 9 nitrogen and oxygen atoms in total. The van der Waals surface area contributed by atoms with Crippen molar-refractivity contribution in [3.05, 3.63) is 0 Å². The largest absolute Gasteiger partial charge is 0.480 e. The van der Waals surface area contributed by atoms with E-state index < -0.39 is 43.0 Å². The van der Waals surface area contributed by atoms with Crippen molar-refractivity contribution in [2.75, 3.05) is 13.1 Å². The fourth-order valence-corrected chi connectivity index (χ4v) is 1.07. The standard InChI is InChI=1S/C8H13N3O6/c1-4(7(16)10-8(9)17)11(2-5(12)13)3-6(14)15/h4H,2-3H2,1H3,(H,12,13)(H,14,15)(H3,9,10,16,17). The van der Waals surface area contributed by atoms with Crippen LogP contribution in [-0.4, -0.2) is 58.1 Å². The smallest absolute Gasteiger partial charge is 0.318 e. The summed E-state index contributed by atoms with van der Waals surface area (Å²) in [6.45, 7) is -0.0105. The van der Waals surface area contributed by atoms with Crippen molar-refractivity contribution < 1.29 is 29.4 Å². The van der Waals surface area contributed by atoms with E-state index in [1.54, 1.807) is 5.32 Å². The van der Waals surface area contributed by atoms with Crippen LogP contribution < -0.4 is 11.1 Å². The van der Waals surface area contributed by atoms with E-state index in [4.69, 9.17) is 15.9 Å². The highest BCUT2D eigenvalue weighted by atomic mass is 16.4. The van der Waals surface area contributed by atoms with Gasteiger partial charge in [0.1, 0.15) is 0 Å². The molecule has 1 unspecified atom stereocenters. The molecule has 0 spiro atoms. The molecular weight excluding hydrogens is 234 g/mol. The molecule has 17 heavy (non-hydrogen) atoms. The monoisotopic (exact) mass is 247 g/mol. The summed E-state index contributed by atoms with van der Waals surface area (Å²) in [6, 6.07) is -2.19. The molecule has 0 saturated heterocycles. The molecule has 0 saturated carbocycles. The quantitative estimate of drug-likeness (QED) is 0.425. The van der Waals surface area contributed by atoms with Gasteiger partial charge in [0, 0.05) is 0 Å². The number of aliphatic carboxylic acids is 2. The van der Waals surface area contributed by atoms with Crippen LogP contribution in [0.15, 0.2) is 0 Å². The lowest BCUT2D eigenvalue weighted by atomic mass is 10.2. The third-order valence-electron chi connectivity index (χ3n) is 1.85. The Morgan fingerprint density at radius 1 is 1.18 bits per heavy atom. The minimum Gasteiger partial charge on any atom is -0.480 e. The third kappa shape index (κ3) is 6.10. The number of urea groups is 1. The number of hydrogen-bond donors (Lipinski definition) is 4. The summed E-state index contributed by atoms with van der Waals surface area (Å²) in [5, 5.41) is 18.8. The average Bonchev–Trinajstić information content (AvgIpc) is 2.12. The summed E-state index contributed by atoms with van der Waals surface area (Å²) >= 11 is 0. The molecule has 0 rings (SSSR count). The van der Waals surface area contributed by atoms with Crippen LogP contribution >= 0.6 is 0 Å². The van der Waals surface area contributed by atoms with E-state index >= 15 is 0 Å². The zero-order chi connectivity index (χ0) is 13.6. The summed E-state index contributed by atoms with van der Waals surface area (Å²) in [6.07, 6.45) is 0. The fourth-order valence-electron chi connectivity index (χ4n) is 1.07. The van der Waals surface area contributed by atoms with Crippen molar-refractivity contribution >= 4 is 23.9 Å². The molecule has 0 aromatic carbocycles. The zero-order valence-corrected chi connectivity index (χ0v) is 9.04. The van der Waals surface area contributed by atoms with Gasteiger partial charge in [0.05, 0.1) is 19.1 Å². The predicted molar refractivity (Wildman–Crippen MR) is 54.0 cm³/mol. The molecule has 0 radical (unpaired) electrons. The SMILES string of the molecule is CC(C(=O)NC(N)=O)N(CC(=O)O)CC(=O)O. The van der Waals surface area contributed by atoms with Crippen LogP contribution in [0, 0.1) is 0 Å². The second-order valence-corrected chi connectivity index (χ2v) is 3.22. The molecule has 0 fully saturated rings. The second-order valence-electron chi connectivity index (χ2n) is 3.22. The highest BCUT2D eigenvalue weighted by Gasteiger charge is 2.25. The van der Waals surface area contributed by atoms with E-state index in [1.807, 2.05) is 0 Å². The highest BCUT2D eigenvalue weighted by Crippen LogP contribution is 1.99. The maximum absolute atomic E-state index is 11.3. The Balaban J connectivity index is 4.66. The van der Waals surface area contributed by atoms with E-state index in [2.05, 4.69) is 0 Å². The van der Waals surface area contributed by atoms with Crippen molar-refractivity contribution in [2.24, 2.45) is 5.73 Å². The van der Waals surface area contributed by atoms with Gasteiger partial charge in [-0.3, -0.25) is 24.6 Å². The maximum atomic E-state index is 11.3. The number of imide groups is 1. The third-order valence-corrected chi connectivity index (χ3v) is 1.85. The van der Waals surface area contributed by atoms with Gasteiger partial charge in [-0.15, -0.1) is 0 Å². The summed E-state index contributed by atoms with van der Waals surface area (Å²) in [4.78, 5) is 43.6. The number of carbonyl (C=O) groups excluding carboxylic acids is 2. The summed E-state index contributed by atoms with van der Waals surface area (Å²) in [5.74, 6) is -3.44. The average molecular weight is 247 g/mol. The van der Waals surface area contributed by atoms with Gasteiger partial charge < -0.3 is 15.9 Å². The zero-order valence-electron chi connectivity index (χ0n) is 9.04. The molecule has 96 valence electrons. The lowest BCUT2D eigenvalue weighted by Gasteiger charge is -2.24. The van der Waals surface area contributed by atoms with Crippen LogP contribution in [0.4, 0.5) is 4.79 Å². The minimum atomic E-state index is -1.29. The summed E-state index contributed by atoms with van der Waals surface area (Å²) < 4.78 is 0. The van der Waals surface area contributed by atoms with E-state index in [0.717, 1.165) is 4.90 Å². The number of primary amides is 1. The van der Waals surface area contributed by atoms with Gasteiger partial charge in [0.15, 0.2) is 0 Å². The lowest BCUT2D eigenvalue weighted by Crippen LogP contribution is -2.51. The Kier molecular flexibility index (Phi) is 5.61. The Labute approximate surface area is 96.2 Å². The second kappa shape index (κ2) is 6.43. The Hall–Kier alpha value is -2.16. The Morgan fingerprint density at radius 2 is 1.59 bits per heavy atom. The highest BCUT2D eigenvalue weighted by molar-refractivity contribution is 5.96. The first-order chi connectivity index (χ1) is 7.73. The molecule has 0 aliphatic carbocycles. The van der Waals surface area contributed by atoms with Gasteiger partial charge in [-0.2, -0.15) is 0 Å². The molecule has 0 heterocycles. The van der Waals surface area contributed by atoms with Gasteiger partial charge in [-0.05, 0) is 6.92 Å². The topological polar surface area (TPSA) is 150 Å². The minimum absolute atomic E-state index is 0.639. The van der Waals surface area contributed by atoms with E-state index in [0.29, 0.717) is 0 Å². The Morgan fingerprint density at radius 3 is 1.88 bits per heavy atom.